The summed E-state index contributed by atoms with van der Waals surface area (Å²) < 4.78 is 16.6. The van der Waals surface area contributed by atoms with Gasteiger partial charge in [0, 0.05) is 26.4 Å². The number of carbonyl (C=O) groups excluding carboxylic acids is 2. The molecule has 0 aromatic carbocycles. The van der Waals surface area contributed by atoms with Gasteiger partial charge in [0.2, 0.25) is 17.7 Å². The van der Waals surface area contributed by atoms with Crippen LogP contribution in [0.2, 0.25) is 0 Å². The van der Waals surface area contributed by atoms with Crippen molar-refractivity contribution >= 4 is 11.8 Å². The van der Waals surface area contributed by atoms with E-state index in [0.29, 0.717) is 38.4 Å². The molecule has 1 atom stereocenters. The number of amides is 2. The molecule has 3 heterocycles. The molecule has 0 saturated carbocycles. The summed E-state index contributed by atoms with van der Waals surface area (Å²) in [4.78, 5) is 26.2. The lowest BCUT2D eigenvalue weighted by Crippen LogP contribution is -2.47. The number of aromatic nitrogens is 2. The van der Waals surface area contributed by atoms with Gasteiger partial charge < -0.3 is 13.9 Å². The molecule has 2 amide bonds. The molecule has 3 rings (SSSR count). The molecule has 8 nitrogen and oxygen atoms in total. The van der Waals surface area contributed by atoms with Gasteiger partial charge in [-0.05, 0) is 18.3 Å². The molecule has 1 aromatic rings. The highest BCUT2D eigenvalue weighted by molar-refractivity contribution is 5.98. The Morgan fingerprint density at radius 1 is 1.16 bits per heavy atom. The Hall–Kier alpha value is -1.80. The quantitative estimate of drug-likeness (QED) is 0.721. The zero-order valence-electron chi connectivity index (χ0n) is 15.0. The number of hydrogen-bond donors (Lipinski definition) is 0. The van der Waals surface area contributed by atoms with Crippen molar-refractivity contribution in [3.05, 3.63) is 11.8 Å². The molecule has 0 aliphatic carbocycles. The second kappa shape index (κ2) is 6.84. The maximum atomic E-state index is 12.5. The third-order valence-electron chi connectivity index (χ3n) is 5.68. The van der Waals surface area contributed by atoms with Crippen LogP contribution in [0, 0.1) is 5.41 Å². The molecular formula is C17H25N3O5. The Morgan fingerprint density at radius 2 is 1.84 bits per heavy atom. The van der Waals surface area contributed by atoms with Gasteiger partial charge in [0.1, 0.15) is 6.54 Å². The SMILES string of the molecule is CCC1(CC)CC(=O)N(Cc2nnc(C3(OC)CCOC3)o2)C(=O)C1. The predicted molar refractivity (Wildman–Crippen MR) is 86.2 cm³/mol. The van der Waals surface area contributed by atoms with Crippen molar-refractivity contribution in [1.29, 1.82) is 0 Å². The van der Waals surface area contributed by atoms with Crippen LogP contribution < -0.4 is 0 Å². The maximum Gasteiger partial charge on any atom is 0.250 e. The minimum atomic E-state index is -0.735. The Balaban J connectivity index is 1.73. The predicted octanol–water partition coefficient (Wildman–Crippen LogP) is 1.79. The van der Waals surface area contributed by atoms with Crippen molar-refractivity contribution in [3.8, 4) is 0 Å². The largest absolute Gasteiger partial charge is 0.420 e. The van der Waals surface area contributed by atoms with Gasteiger partial charge in [-0.1, -0.05) is 13.8 Å². The summed E-state index contributed by atoms with van der Waals surface area (Å²) in [6, 6.07) is 0. The summed E-state index contributed by atoms with van der Waals surface area (Å²) in [5.74, 6) is 0.215. The van der Waals surface area contributed by atoms with E-state index in [1.54, 1.807) is 7.11 Å². The van der Waals surface area contributed by atoms with Crippen LogP contribution in [-0.4, -0.2) is 47.2 Å². The third kappa shape index (κ3) is 3.20. The molecular weight excluding hydrogens is 326 g/mol. The summed E-state index contributed by atoms with van der Waals surface area (Å²) >= 11 is 0. The van der Waals surface area contributed by atoms with E-state index < -0.39 is 5.60 Å². The van der Waals surface area contributed by atoms with Crippen LogP contribution in [-0.2, 0) is 31.2 Å². The number of piperidine rings is 1. The molecule has 0 bridgehead atoms. The second-order valence-corrected chi connectivity index (χ2v) is 6.94. The summed E-state index contributed by atoms with van der Waals surface area (Å²) in [5.41, 5.74) is -0.952. The summed E-state index contributed by atoms with van der Waals surface area (Å²) in [6.45, 7) is 4.97. The number of nitrogens with zero attached hydrogens (tertiary/aromatic N) is 3. The normalized spacial score (nSPS) is 26.4. The topological polar surface area (TPSA) is 94.8 Å². The standard InChI is InChI=1S/C17H25N3O5/c1-4-16(5-2)8-13(21)20(14(22)9-16)10-12-18-19-15(25-12)17(23-3)6-7-24-11-17/h4-11H2,1-3H3. The smallest absolute Gasteiger partial charge is 0.250 e. The highest BCUT2D eigenvalue weighted by atomic mass is 16.6. The van der Waals surface area contributed by atoms with Crippen LogP contribution in [0.4, 0.5) is 0 Å². The van der Waals surface area contributed by atoms with Gasteiger partial charge in [0.15, 0.2) is 5.60 Å². The van der Waals surface area contributed by atoms with Crippen molar-refractivity contribution in [2.75, 3.05) is 20.3 Å². The molecule has 2 aliphatic heterocycles. The average Bonchev–Trinajstić information content (AvgIpc) is 3.27. The zero-order chi connectivity index (χ0) is 18.1. The number of ether oxygens (including phenoxy) is 2. The lowest BCUT2D eigenvalue weighted by atomic mass is 9.73. The fraction of sp³-hybridized carbons (Fsp3) is 0.765. The summed E-state index contributed by atoms with van der Waals surface area (Å²) in [7, 11) is 1.57. The molecule has 138 valence electrons. The van der Waals surface area contributed by atoms with E-state index in [-0.39, 0.29) is 29.7 Å². The Morgan fingerprint density at radius 3 is 2.36 bits per heavy atom. The molecule has 0 N–H and O–H groups in total. The lowest BCUT2D eigenvalue weighted by molar-refractivity contribution is -0.155. The number of likely N-dealkylation sites (tertiary alicyclic amines) is 1. The average molecular weight is 351 g/mol. The van der Waals surface area contributed by atoms with Crippen LogP contribution >= 0.6 is 0 Å². The maximum absolute atomic E-state index is 12.5. The molecule has 0 spiro atoms. The number of methoxy groups -OCH3 is 1. The first-order valence-electron chi connectivity index (χ1n) is 8.76. The van der Waals surface area contributed by atoms with Crippen molar-refractivity contribution in [2.45, 2.75) is 58.1 Å². The van der Waals surface area contributed by atoms with Crippen LogP contribution in [0.3, 0.4) is 0 Å². The molecule has 1 unspecified atom stereocenters. The van der Waals surface area contributed by atoms with E-state index >= 15 is 0 Å². The van der Waals surface area contributed by atoms with Gasteiger partial charge in [0.25, 0.3) is 5.89 Å². The first kappa shape index (κ1) is 18.0. The van der Waals surface area contributed by atoms with E-state index in [1.807, 2.05) is 13.8 Å². The van der Waals surface area contributed by atoms with Crippen LogP contribution in [0.15, 0.2) is 4.42 Å². The van der Waals surface area contributed by atoms with Gasteiger partial charge in [-0.25, -0.2) is 0 Å². The van der Waals surface area contributed by atoms with E-state index in [9.17, 15) is 9.59 Å². The van der Waals surface area contributed by atoms with E-state index in [0.717, 1.165) is 12.8 Å². The number of carbonyl (C=O) groups is 2. The number of imide groups is 1. The monoisotopic (exact) mass is 351 g/mol. The van der Waals surface area contributed by atoms with Gasteiger partial charge in [0.05, 0.1) is 13.2 Å². The molecule has 0 radical (unpaired) electrons. The fourth-order valence-corrected chi connectivity index (χ4v) is 3.56. The Bertz CT molecular complexity index is 626. The van der Waals surface area contributed by atoms with Crippen molar-refractivity contribution in [2.24, 2.45) is 5.41 Å². The lowest BCUT2D eigenvalue weighted by Gasteiger charge is -2.38. The van der Waals surface area contributed by atoms with Gasteiger partial charge in [-0.2, -0.15) is 0 Å². The molecule has 2 aliphatic rings. The van der Waals surface area contributed by atoms with Crippen LogP contribution in [0.1, 0.15) is 57.7 Å². The Kier molecular flexibility index (Phi) is 4.92. The first-order chi connectivity index (χ1) is 12.0. The third-order valence-corrected chi connectivity index (χ3v) is 5.68. The number of hydrogen-bond acceptors (Lipinski definition) is 7. The minimum absolute atomic E-state index is 0.00876. The molecule has 2 saturated heterocycles. The van der Waals surface area contributed by atoms with Crippen LogP contribution in [0.5, 0.6) is 0 Å². The summed E-state index contributed by atoms with van der Waals surface area (Å²) in [5, 5.41) is 8.04. The van der Waals surface area contributed by atoms with E-state index in [2.05, 4.69) is 10.2 Å². The fourth-order valence-electron chi connectivity index (χ4n) is 3.56. The van der Waals surface area contributed by atoms with Gasteiger partial charge in [-0.15, -0.1) is 10.2 Å². The number of rotatable bonds is 6. The summed E-state index contributed by atoms with van der Waals surface area (Å²) in [6.07, 6.45) is 3.01. The van der Waals surface area contributed by atoms with Crippen molar-refractivity contribution < 1.29 is 23.5 Å². The van der Waals surface area contributed by atoms with E-state index in [4.69, 9.17) is 13.9 Å². The van der Waals surface area contributed by atoms with Crippen molar-refractivity contribution in [3.63, 3.8) is 0 Å². The molecule has 25 heavy (non-hydrogen) atoms. The highest BCUT2D eigenvalue weighted by Gasteiger charge is 2.44. The minimum Gasteiger partial charge on any atom is -0.420 e. The van der Waals surface area contributed by atoms with Crippen molar-refractivity contribution in [1.82, 2.24) is 15.1 Å². The van der Waals surface area contributed by atoms with Crippen LogP contribution in [0.25, 0.3) is 0 Å². The van der Waals surface area contributed by atoms with Gasteiger partial charge in [-0.3, -0.25) is 14.5 Å². The van der Waals surface area contributed by atoms with Gasteiger partial charge >= 0.3 is 0 Å². The van der Waals surface area contributed by atoms with E-state index in [1.165, 1.54) is 4.90 Å². The zero-order valence-corrected chi connectivity index (χ0v) is 15.0. The Labute approximate surface area is 146 Å². The molecule has 1 aromatic heterocycles. The molecule has 8 heteroatoms. The first-order valence-corrected chi connectivity index (χ1v) is 8.76. The highest BCUT2D eigenvalue weighted by Crippen LogP contribution is 2.39. The molecule has 2 fully saturated rings. The second-order valence-electron chi connectivity index (χ2n) is 6.94.